The van der Waals surface area contributed by atoms with Gasteiger partial charge in [-0.2, -0.15) is 0 Å². The largest absolute Gasteiger partial charge is 0.442 e. The van der Waals surface area contributed by atoms with E-state index in [4.69, 9.17) is 82.6 Å². The second-order valence-corrected chi connectivity index (χ2v) is 418. The maximum absolute atomic E-state index is 15.1. The van der Waals surface area contributed by atoms with Crippen LogP contribution in [-0.2, 0) is 95.0 Å². The molecule has 0 spiro atoms. The van der Waals surface area contributed by atoms with Gasteiger partial charge in [0, 0.05) is 16.9 Å². The SMILES string of the molecule is C.CC(C)(C)C.CO[Si]([SiH3])([Si](C)(C)O)[Si](O[Si](C)(C)O)(O[Si]([Si](O[Si](C)(C)O[Si](C)(C)C)(O[Si](O[Si](O[SiH2]O)([SiH2]O)[SiH2]O)([Si](O[SiH2]O)([SiH2]O)[SiH2]O)[Si](O[SiH2]O)([SiH2]O)[SiH2]O)[Si](O[Si](O[SiH2]O)([SiH2]O)[SiH2]O)([Si](O[SiH2]O)([SiH2]O)[SiH2]O)[Si](O[SiH2]O)([SiH2]O)[SiH2]O)([Si](O[Si](O[SiH2]O)([SiH2]O)[SiH2]O)([Si](O[SiH2]O)([SiH2]O)[SiH2]O)[Si](O[SiH2]O)([SiH2]O)[SiH2]O)[Si](O[Si](O[SiH2]O)([SiH2]O)[SiH2]O)([Si](O[SiH2]O)([SiH2]O)[SiH2]O)[Si](O[SiH2]O)([SiH2]O)[SiH2]O)[Si](O[SiH2]O)([SiH2]O)[Si](C)(C)O. The van der Waals surface area contributed by atoms with Gasteiger partial charge in [-0.05, 0) is 77.4 Å². The molecule has 0 aromatic heterocycles. The molecule has 888 valence electrons. The molecule has 0 aromatic rings. The first kappa shape index (κ1) is 163. The second kappa shape index (κ2) is 70.2. The molecule has 0 heterocycles. The van der Waals surface area contributed by atoms with Crippen molar-refractivity contribution in [1.29, 1.82) is 0 Å². The average molecular weight is 3240 g/mol. The molecule has 41 N–H and O–H groups in total. The van der Waals surface area contributed by atoms with Gasteiger partial charge >= 0.3 is 70.3 Å². The summed E-state index contributed by atoms with van der Waals surface area (Å²) in [6.45, 7) is -88.0. The van der Waals surface area contributed by atoms with Crippen LogP contribution in [0.1, 0.15) is 35.1 Å². The predicted molar refractivity (Wildman–Crippen MR) is 702 cm³/mol. The monoisotopic (exact) mass is 3230 g/mol. The third kappa shape index (κ3) is 33.1. The van der Waals surface area contributed by atoms with E-state index < -0.39 is 562 Å². The van der Waals surface area contributed by atoms with E-state index in [1.807, 2.05) is 0 Å². The van der Waals surface area contributed by atoms with Crippen LogP contribution in [0.15, 0.2) is 0 Å². The highest BCUT2D eigenvalue weighted by molar-refractivity contribution is 8.35. The summed E-state index contributed by atoms with van der Waals surface area (Å²) in [5.41, 5.74) is 0.500. The maximum atomic E-state index is 15.1. The number of hydrogen-bond donors (Lipinski definition) is 41. The molecule has 0 saturated heterocycles. The first-order valence-electron chi connectivity index (χ1n) is 44.2. The molecule has 4 atom stereocenters. The zero-order valence-electron chi connectivity index (χ0n) is 85.1. The van der Waals surface area contributed by atoms with Crippen LogP contribution in [0.4, 0.5) is 0 Å². The molecule has 0 aromatic carbocycles. The van der Waals surface area contributed by atoms with Crippen LogP contribution in [0.2, 0.25) is 72.0 Å². The van der Waals surface area contributed by atoms with Gasteiger partial charge < -0.3 is 292 Å². The van der Waals surface area contributed by atoms with Gasteiger partial charge in [0.15, 0.2) is 174 Å². The quantitative estimate of drug-likeness (QED) is 0.0251. The van der Waals surface area contributed by atoms with Crippen molar-refractivity contribution in [3.63, 3.8) is 0 Å². The lowest BCUT2D eigenvalue weighted by molar-refractivity contribution is 0.288. The lowest BCUT2D eigenvalue weighted by Gasteiger charge is -2.78. The van der Waals surface area contributed by atoms with Crippen molar-refractivity contribution >= 4 is 562 Å². The first-order chi connectivity index (χ1) is 67.7. The van der Waals surface area contributed by atoms with Crippen LogP contribution in [0, 0.1) is 5.41 Å². The first-order valence-corrected chi connectivity index (χ1v) is 208. The summed E-state index contributed by atoms with van der Waals surface area (Å²) in [4.78, 5) is 570. The Hall–Kier alpha value is 11.5. The van der Waals surface area contributed by atoms with E-state index in [2.05, 4.69) is 27.7 Å². The molecular formula is C18H172O64Si65. The van der Waals surface area contributed by atoms with E-state index in [1.165, 1.54) is 19.6 Å². The van der Waals surface area contributed by atoms with Crippen molar-refractivity contribution in [2.45, 2.75) is 107 Å². The third-order valence-electron chi connectivity index (χ3n) is 24.5. The van der Waals surface area contributed by atoms with Crippen LogP contribution < -0.4 is 0 Å². The Labute approximate surface area is 962 Å². The van der Waals surface area contributed by atoms with Gasteiger partial charge in [0.1, 0.15) is 0 Å². The van der Waals surface area contributed by atoms with Crippen molar-refractivity contribution < 1.29 is 292 Å². The van der Waals surface area contributed by atoms with E-state index in [-0.39, 0.29) is 7.43 Å². The Morgan fingerprint density at radius 3 is 0.592 bits per heavy atom. The van der Waals surface area contributed by atoms with Gasteiger partial charge in [0.05, 0.1) is 0 Å². The molecule has 0 fully saturated rings. The van der Waals surface area contributed by atoms with Crippen LogP contribution in [0.25, 0.3) is 0 Å². The molecule has 0 aliphatic carbocycles. The molecular weight excluding hydrogens is 3070 g/mol. The van der Waals surface area contributed by atoms with Gasteiger partial charge in [-0.1, -0.05) is 35.1 Å². The van der Waals surface area contributed by atoms with Crippen LogP contribution in [-0.4, -0.2) is 766 Å². The molecule has 0 rings (SSSR count). The molecule has 64 nitrogen and oxygen atoms in total. The van der Waals surface area contributed by atoms with Crippen molar-refractivity contribution in [2.24, 2.45) is 5.41 Å². The van der Waals surface area contributed by atoms with E-state index in [0.29, 0.717) is 5.41 Å². The highest BCUT2D eigenvalue weighted by Crippen LogP contribution is 2.63. The summed E-state index contributed by atoms with van der Waals surface area (Å²) in [6, 6.07) is 0. The smallest absolute Gasteiger partial charge is 0.338 e. The normalized spacial score (nSPS) is 25.0. The third-order valence-corrected chi connectivity index (χ3v) is 740. The minimum atomic E-state index is -10.1. The molecule has 0 amide bonds. The minimum Gasteiger partial charge on any atom is -0.442 e. The summed E-state index contributed by atoms with van der Waals surface area (Å²) in [7, 11) is -245. The van der Waals surface area contributed by atoms with E-state index >= 15 is 9.59 Å². The highest BCUT2D eigenvalue weighted by atomic mass is 30.6. The number of hydrogen-bond acceptors (Lipinski definition) is 64. The maximum Gasteiger partial charge on any atom is 0.338 e. The number of rotatable bonds is 86. The van der Waals surface area contributed by atoms with E-state index in [0.717, 1.165) is 59.5 Å². The zero-order chi connectivity index (χ0) is 115. The van der Waals surface area contributed by atoms with Crippen LogP contribution in [0.3, 0.4) is 0 Å². The topological polar surface area (TPSA) is 1040 Å². The summed E-state index contributed by atoms with van der Waals surface area (Å²) in [5.74, 6) is 0. The molecule has 129 heteroatoms. The molecule has 0 aliphatic heterocycles. The van der Waals surface area contributed by atoms with Crippen molar-refractivity contribution in [3.8, 4) is 0 Å². The van der Waals surface area contributed by atoms with Crippen LogP contribution >= 0.6 is 0 Å². The summed E-state index contributed by atoms with van der Waals surface area (Å²) < 4.78 is 178. The molecule has 0 aliphatic rings. The van der Waals surface area contributed by atoms with Gasteiger partial charge in [-0.15, -0.1) is 0 Å². The Morgan fingerprint density at radius 2 is 0.415 bits per heavy atom. The van der Waals surface area contributed by atoms with Gasteiger partial charge in [-0.25, -0.2) is 0 Å². The zero-order valence-corrected chi connectivity index (χ0v) is 167. The second-order valence-electron chi connectivity index (χ2n) is 37.7. The van der Waals surface area contributed by atoms with Crippen molar-refractivity contribution in [3.05, 3.63) is 0 Å². The fraction of sp³-hybridized carbons (Fsp3) is 1.00. The van der Waals surface area contributed by atoms with Gasteiger partial charge in [0.25, 0.3) is 164 Å². The summed E-state index contributed by atoms with van der Waals surface area (Å²) in [5, 5.41) is 0. The minimum absolute atomic E-state index is 0. The van der Waals surface area contributed by atoms with Crippen molar-refractivity contribution in [2.75, 3.05) is 7.11 Å². The van der Waals surface area contributed by atoms with Gasteiger partial charge in [0.2, 0.25) is 144 Å². The summed E-state index contributed by atoms with van der Waals surface area (Å²) >= 11 is 0. The fourth-order valence-electron chi connectivity index (χ4n) is 17.9. The van der Waals surface area contributed by atoms with Gasteiger partial charge in [-0.3, -0.25) is 0 Å². The fourth-order valence-corrected chi connectivity index (χ4v) is 1350. The van der Waals surface area contributed by atoms with E-state index in [1.54, 1.807) is 0 Å². The Morgan fingerprint density at radius 1 is 0.204 bits per heavy atom. The van der Waals surface area contributed by atoms with Crippen LogP contribution in [0.5, 0.6) is 0 Å². The Balaban J connectivity index is -0.0000336. The lowest BCUT2D eigenvalue weighted by Crippen LogP contribution is -3.22. The average Bonchev–Trinajstić information content (AvgIpc) is 0.609. The predicted octanol–water partition coefficient (Wildman–Crippen LogP) is -61.0. The molecule has 0 saturated carbocycles. The molecule has 0 bridgehead atoms. The lowest BCUT2D eigenvalue weighted by atomic mass is 10.0. The van der Waals surface area contributed by atoms with E-state index in [9.17, 15) is 199 Å². The Bertz CT molecular complexity index is 3380. The Kier molecular flexibility index (Phi) is 77.6. The molecule has 0 radical (unpaired) electrons. The molecule has 4 unspecified atom stereocenters. The molecule has 147 heavy (non-hydrogen) atoms. The van der Waals surface area contributed by atoms with Crippen molar-refractivity contribution in [1.82, 2.24) is 0 Å². The summed E-state index contributed by atoms with van der Waals surface area (Å²) in [6.07, 6.45) is 0. The standard InChI is InChI=1S/C12H156O64Si65.C5H12.CH4/c1-54-128(77,118(7,8)52)125(69-117(5,6)51,137(115-50,67-90-25)119(9,10)53)76-139(140(133(107-42,108-43)63-86-21,134(109-44,110-45)64-87-22)73-123(95-30,96-31)57-80-15,141(135(111-46,112-47)65-88-23,136(113-48,114-49)66-89-24)74-124(97-32,98-33)58-81-16)127(70-120(11,12)68-116(2,3)4,138(131(103-38,104-39)61-84-19,132(105-40,106-41)62-85-20)72-122(93-28,94-29)56-79-14)75-126(129(99-34,100-35)59-82-17,130(101-36,102-37)60-83-18)71-121(91-26,92-27)55-78-13;1-5(2,3)4;/h13-53H,78-115H2,1-12,77H3;1-4H3;1H4. The highest BCUT2D eigenvalue weighted by Gasteiger charge is 3.09.